The molecule has 2 aromatic rings. The molecule has 0 heterocycles. The van der Waals surface area contributed by atoms with Crippen molar-refractivity contribution in [2.24, 2.45) is 0 Å². The van der Waals surface area contributed by atoms with Crippen LogP contribution in [0, 0.1) is 10.1 Å². The molecule has 0 unspecified atom stereocenters. The highest BCUT2D eigenvalue weighted by molar-refractivity contribution is 6.32. The van der Waals surface area contributed by atoms with Crippen LogP contribution < -0.4 is 4.74 Å². The molecule has 0 fully saturated rings. The number of allylic oxidation sites excluding steroid dienone is 1. The third-order valence-electron chi connectivity index (χ3n) is 3.14. The maximum atomic E-state index is 12.1. The number of hydrogen-bond donors (Lipinski definition) is 1. The van der Waals surface area contributed by atoms with Crippen LogP contribution >= 0.6 is 11.6 Å². The van der Waals surface area contributed by atoms with Crippen molar-refractivity contribution in [3.8, 4) is 11.5 Å². The summed E-state index contributed by atoms with van der Waals surface area (Å²) in [6, 6.07) is 8.38. The summed E-state index contributed by atoms with van der Waals surface area (Å²) in [6.07, 6.45) is 2.84. The van der Waals surface area contributed by atoms with Crippen LogP contribution in [0.15, 0.2) is 42.5 Å². The number of carbonyl (C=O) groups excluding carboxylic acids is 1. The molecule has 124 valence electrons. The Labute approximate surface area is 143 Å². The van der Waals surface area contributed by atoms with Gasteiger partial charge in [-0.2, -0.15) is 0 Å². The van der Waals surface area contributed by atoms with Gasteiger partial charge in [-0.1, -0.05) is 17.7 Å². The van der Waals surface area contributed by atoms with E-state index in [1.807, 2.05) is 0 Å². The Morgan fingerprint density at radius 3 is 2.58 bits per heavy atom. The van der Waals surface area contributed by atoms with E-state index in [0.29, 0.717) is 17.7 Å². The number of ether oxygens (including phenoxy) is 1. The molecule has 2 aromatic carbocycles. The fourth-order valence-corrected chi connectivity index (χ4v) is 2.19. The zero-order chi connectivity index (χ0) is 17.7. The molecule has 7 heteroatoms. The van der Waals surface area contributed by atoms with Crippen molar-refractivity contribution in [1.82, 2.24) is 0 Å². The summed E-state index contributed by atoms with van der Waals surface area (Å²) in [6.45, 7) is 2.13. The first-order valence-corrected chi connectivity index (χ1v) is 7.42. The molecular weight excluding hydrogens is 334 g/mol. The Morgan fingerprint density at radius 1 is 1.33 bits per heavy atom. The predicted molar refractivity (Wildman–Crippen MR) is 90.7 cm³/mol. The standard InChI is InChI=1S/C17H14ClNO5/c1-2-24-16-10-11(9-14(18)17(16)21)3-8-15(20)12-4-6-13(7-5-12)19(22)23/h3-10,21H,2H2,1H3/b8-3+. The van der Waals surface area contributed by atoms with Gasteiger partial charge in [0.05, 0.1) is 16.6 Å². The SMILES string of the molecule is CCOc1cc(/C=C/C(=O)c2ccc([N+](=O)[O-])cc2)cc(Cl)c1O. The lowest BCUT2D eigenvalue weighted by Crippen LogP contribution is -1.95. The lowest BCUT2D eigenvalue weighted by Gasteiger charge is -2.08. The number of carbonyl (C=O) groups is 1. The quantitative estimate of drug-likeness (QED) is 0.365. The van der Waals surface area contributed by atoms with Crippen LogP contribution in [-0.2, 0) is 0 Å². The Hall–Kier alpha value is -2.86. The number of halogens is 1. The lowest BCUT2D eigenvalue weighted by molar-refractivity contribution is -0.384. The molecule has 0 aliphatic heterocycles. The second kappa shape index (κ2) is 7.61. The number of hydrogen-bond acceptors (Lipinski definition) is 5. The Balaban J connectivity index is 2.20. The van der Waals surface area contributed by atoms with E-state index in [0.717, 1.165) is 0 Å². The van der Waals surface area contributed by atoms with E-state index >= 15 is 0 Å². The van der Waals surface area contributed by atoms with Gasteiger partial charge in [0, 0.05) is 17.7 Å². The molecule has 24 heavy (non-hydrogen) atoms. The van der Waals surface area contributed by atoms with Crippen LogP contribution in [0.1, 0.15) is 22.8 Å². The monoisotopic (exact) mass is 347 g/mol. The van der Waals surface area contributed by atoms with E-state index in [-0.39, 0.29) is 28.0 Å². The number of aromatic hydroxyl groups is 1. The van der Waals surface area contributed by atoms with Crippen molar-refractivity contribution in [3.05, 3.63) is 68.7 Å². The van der Waals surface area contributed by atoms with Crippen LogP contribution in [0.2, 0.25) is 5.02 Å². The average molecular weight is 348 g/mol. The smallest absolute Gasteiger partial charge is 0.269 e. The summed E-state index contributed by atoms with van der Waals surface area (Å²) in [4.78, 5) is 22.2. The number of benzene rings is 2. The summed E-state index contributed by atoms with van der Waals surface area (Å²) in [5.41, 5.74) is 0.825. The number of phenolic OH excluding ortho intramolecular Hbond substituents is 1. The first-order valence-electron chi connectivity index (χ1n) is 7.04. The van der Waals surface area contributed by atoms with Crippen LogP contribution in [-0.4, -0.2) is 22.4 Å². The van der Waals surface area contributed by atoms with Crippen molar-refractivity contribution in [3.63, 3.8) is 0 Å². The lowest BCUT2D eigenvalue weighted by atomic mass is 10.1. The van der Waals surface area contributed by atoms with Crippen molar-refractivity contribution >= 4 is 29.1 Å². The molecule has 0 aromatic heterocycles. The second-order valence-corrected chi connectivity index (χ2v) is 5.19. The summed E-state index contributed by atoms with van der Waals surface area (Å²) in [5, 5.41) is 20.5. The third kappa shape index (κ3) is 4.11. The molecule has 0 aliphatic rings. The van der Waals surface area contributed by atoms with Gasteiger partial charge in [-0.3, -0.25) is 14.9 Å². The number of nitro benzene ring substituents is 1. The minimum atomic E-state index is -0.530. The van der Waals surface area contributed by atoms with Gasteiger partial charge < -0.3 is 9.84 Å². The van der Waals surface area contributed by atoms with Gasteiger partial charge >= 0.3 is 0 Å². The predicted octanol–water partition coefficient (Wildman–Crippen LogP) is 4.25. The van der Waals surface area contributed by atoms with Crippen LogP contribution in [0.25, 0.3) is 6.08 Å². The largest absolute Gasteiger partial charge is 0.503 e. The summed E-state index contributed by atoms with van der Waals surface area (Å²) < 4.78 is 5.27. The van der Waals surface area contributed by atoms with E-state index in [9.17, 15) is 20.0 Å². The Morgan fingerprint density at radius 2 is 2.00 bits per heavy atom. The fraction of sp³-hybridized carbons (Fsp3) is 0.118. The summed E-state index contributed by atoms with van der Waals surface area (Å²) in [5.74, 6) is -0.239. The molecule has 0 aliphatic carbocycles. The molecule has 0 bridgehead atoms. The minimum absolute atomic E-state index is 0.0813. The maximum absolute atomic E-state index is 12.1. The highest BCUT2D eigenvalue weighted by Gasteiger charge is 2.10. The Bertz CT molecular complexity index is 799. The first-order chi connectivity index (χ1) is 11.4. The van der Waals surface area contributed by atoms with E-state index < -0.39 is 4.92 Å². The molecule has 0 spiro atoms. The van der Waals surface area contributed by atoms with E-state index in [4.69, 9.17) is 16.3 Å². The van der Waals surface area contributed by atoms with Gasteiger partial charge in [0.1, 0.15) is 0 Å². The van der Waals surface area contributed by atoms with Crippen molar-refractivity contribution < 1.29 is 19.6 Å². The molecular formula is C17H14ClNO5. The van der Waals surface area contributed by atoms with Gasteiger partial charge in [0.25, 0.3) is 5.69 Å². The molecule has 2 rings (SSSR count). The first kappa shape index (κ1) is 17.5. The summed E-state index contributed by atoms with van der Waals surface area (Å²) >= 11 is 5.92. The number of ketones is 1. The minimum Gasteiger partial charge on any atom is -0.503 e. The van der Waals surface area contributed by atoms with Crippen LogP contribution in [0.5, 0.6) is 11.5 Å². The number of nitro groups is 1. The molecule has 0 saturated heterocycles. The average Bonchev–Trinajstić information content (AvgIpc) is 2.57. The Kier molecular flexibility index (Phi) is 5.55. The molecule has 1 N–H and O–H groups in total. The maximum Gasteiger partial charge on any atom is 0.269 e. The fourth-order valence-electron chi connectivity index (χ4n) is 1.97. The summed E-state index contributed by atoms with van der Waals surface area (Å²) in [7, 11) is 0. The molecule has 0 amide bonds. The van der Waals surface area contributed by atoms with Crippen molar-refractivity contribution in [2.75, 3.05) is 6.61 Å². The molecule has 0 radical (unpaired) electrons. The molecule has 6 nitrogen and oxygen atoms in total. The zero-order valence-electron chi connectivity index (χ0n) is 12.7. The molecule has 0 saturated carbocycles. The number of nitrogens with zero attached hydrogens (tertiary/aromatic N) is 1. The second-order valence-electron chi connectivity index (χ2n) is 4.78. The third-order valence-corrected chi connectivity index (χ3v) is 3.43. The van der Waals surface area contributed by atoms with Gasteiger partial charge in [-0.15, -0.1) is 0 Å². The highest BCUT2D eigenvalue weighted by Crippen LogP contribution is 2.35. The van der Waals surface area contributed by atoms with Crippen LogP contribution in [0.3, 0.4) is 0 Å². The van der Waals surface area contributed by atoms with Gasteiger partial charge in [-0.25, -0.2) is 0 Å². The van der Waals surface area contributed by atoms with Crippen molar-refractivity contribution in [2.45, 2.75) is 6.92 Å². The van der Waals surface area contributed by atoms with Gasteiger partial charge in [0.2, 0.25) is 0 Å². The van der Waals surface area contributed by atoms with E-state index in [1.54, 1.807) is 13.0 Å². The topological polar surface area (TPSA) is 89.7 Å². The van der Waals surface area contributed by atoms with Crippen molar-refractivity contribution in [1.29, 1.82) is 0 Å². The van der Waals surface area contributed by atoms with E-state index in [1.165, 1.54) is 42.5 Å². The van der Waals surface area contributed by atoms with Gasteiger partial charge in [0.15, 0.2) is 17.3 Å². The normalized spacial score (nSPS) is 10.8. The van der Waals surface area contributed by atoms with Gasteiger partial charge in [-0.05, 0) is 42.8 Å². The zero-order valence-corrected chi connectivity index (χ0v) is 13.5. The highest BCUT2D eigenvalue weighted by atomic mass is 35.5. The molecule has 0 atom stereocenters. The number of non-ortho nitro benzene ring substituents is 1. The number of phenols is 1. The van der Waals surface area contributed by atoms with Crippen LogP contribution in [0.4, 0.5) is 5.69 Å². The number of rotatable bonds is 6. The van der Waals surface area contributed by atoms with E-state index in [2.05, 4.69) is 0 Å².